The van der Waals surface area contributed by atoms with Crippen LogP contribution >= 0.6 is 0 Å². The van der Waals surface area contributed by atoms with Crippen molar-refractivity contribution in [1.82, 2.24) is 20.2 Å². The van der Waals surface area contributed by atoms with Gasteiger partial charge >= 0.3 is 5.97 Å². The summed E-state index contributed by atoms with van der Waals surface area (Å²) in [5.41, 5.74) is 0.0710. The summed E-state index contributed by atoms with van der Waals surface area (Å²) in [6, 6.07) is 3.09. The van der Waals surface area contributed by atoms with E-state index in [9.17, 15) is 13.6 Å². The van der Waals surface area contributed by atoms with Gasteiger partial charge in [0.15, 0.2) is 5.82 Å². The summed E-state index contributed by atoms with van der Waals surface area (Å²) in [5, 5.41) is 19.3. The third-order valence-electron chi connectivity index (χ3n) is 2.46. The zero-order valence-electron chi connectivity index (χ0n) is 9.75. The first-order valence-corrected chi connectivity index (χ1v) is 5.51. The average molecular weight is 268 g/mol. The van der Waals surface area contributed by atoms with Gasteiger partial charge in [0.25, 0.3) is 0 Å². The molecule has 0 atom stereocenters. The highest BCUT2D eigenvalue weighted by molar-refractivity contribution is 5.66. The first-order chi connectivity index (χ1) is 9.08. The van der Waals surface area contributed by atoms with Crippen molar-refractivity contribution in [3.8, 4) is 11.4 Å². The van der Waals surface area contributed by atoms with E-state index in [4.69, 9.17) is 5.11 Å². The summed E-state index contributed by atoms with van der Waals surface area (Å²) >= 11 is 0. The molecule has 0 saturated heterocycles. The molecule has 0 aliphatic carbocycles. The minimum atomic E-state index is -0.928. The van der Waals surface area contributed by atoms with Crippen LogP contribution < -0.4 is 0 Å². The Hall–Kier alpha value is -2.38. The molecule has 0 amide bonds. The number of aryl methyl sites for hydroxylation is 1. The standard InChI is InChI=1S/C11H10F2N4O2/c12-7-3-4-8(9(13)6-7)11-14-15-16-17(11)5-1-2-10(18)19/h3-4,6H,1-2,5H2,(H,18,19). The maximum atomic E-state index is 13.6. The normalized spacial score (nSPS) is 10.6. The number of rotatable bonds is 5. The number of hydrogen-bond donors (Lipinski definition) is 1. The summed E-state index contributed by atoms with van der Waals surface area (Å²) in [7, 11) is 0. The molecule has 0 saturated carbocycles. The van der Waals surface area contributed by atoms with Crippen LogP contribution in [0.5, 0.6) is 0 Å². The Morgan fingerprint density at radius 2 is 2.16 bits per heavy atom. The third kappa shape index (κ3) is 3.09. The van der Waals surface area contributed by atoms with Gasteiger partial charge in [0.05, 0.1) is 5.56 Å². The Balaban J connectivity index is 2.21. The molecule has 0 aliphatic heterocycles. The van der Waals surface area contributed by atoms with Crippen LogP contribution in [0.3, 0.4) is 0 Å². The van der Waals surface area contributed by atoms with Crippen LogP contribution in [0.2, 0.25) is 0 Å². The highest BCUT2D eigenvalue weighted by atomic mass is 19.1. The van der Waals surface area contributed by atoms with Crippen LogP contribution in [-0.2, 0) is 11.3 Å². The second-order valence-electron chi connectivity index (χ2n) is 3.85. The highest BCUT2D eigenvalue weighted by Gasteiger charge is 2.14. The Kier molecular flexibility index (Phi) is 3.79. The van der Waals surface area contributed by atoms with Crippen molar-refractivity contribution in [2.45, 2.75) is 19.4 Å². The van der Waals surface area contributed by atoms with E-state index >= 15 is 0 Å². The summed E-state index contributed by atoms with van der Waals surface area (Å²) in [5.74, 6) is -2.24. The summed E-state index contributed by atoms with van der Waals surface area (Å²) in [6.45, 7) is 0.242. The van der Waals surface area contributed by atoms with Gasteiger partial charge in [0.2, 0.25) is 0 Å². The highest BCUT2D eigenvalue weighted by Crippen LogP contribution is 2.20. The van der Waals surface area contributed by atoms with Crippen molar-refractivity contribution in [1.29, 1.82) is 0 Å². The number of nitrogens with zero attached hydrogens (tertiary/aromatic N) is 4. The number of tetrazole rings is 1. The molecule has 0 fully saturated rings. The van der Waals surface area contributed by atoms with Gasteiger partial charge in [-0.25, -0.2) is 13.5 Å². The SMILES string of the molecule is O=C(O)CCCn1nnnc1-c1ccc(F)cc1F. The fourth-order valence-electron chi connectivity index (χ4n) is 1.60. The second-order valence-corrected chi connectivity index (χ2v) is 3.85. The van der Waals surface area contributed by atoms with Gasteiger partial charge in [-0.2, -0.15) is 0 Å². The number of hydrogen-bond acceptors (Lipinski definition) is 4. The number of halogens is 2. The van der Waals surface area contributed by atoms with E-state index in [2.05, 4.69) is 15.5 Å². The van der Waals surface area contributed by atoms with Crippen LogP contribution in [0.4, 0.5) is 8.78 Å². The number of carbonyl (C=O) groups is 1. The van der Waals surface area contributed by atoms with Gasteiger partial charge in [-0.05, 0) is 29.0 Å². The van der Waals surface area contributed by atoms with Crippen LogP contribution in [-0.4, -0.2) is 31.3 Å². The Bertz CT molecular complexity index is 600. The summed E-state index contributed by atoms with van der Waals surface area (Å²) in [4.78, 5) is 10.4. The van der Waals surface area contributed by atoms with Gasteiger partial charge in [0.1, 0.15) is 11.6 Å². The van der Waals surface area contributed by atoms with Crippen molar-refractivity contribution in [2.24, 2.45) is 0 Å². The maximum absolute atomic E-state index is 13.6. The lowest BCUT2D eigenvalue weighted by atomic mass is 10.2. The van der Waals surface area contributed by atoms with Gasteiger partial charge in [-0.3, -0.25) is 4.79 Å². The van der Waals surface area contributed by atoms with E-state index in [0.29, 0.717) is 6.42 Å². The van der Waals surface area contributed by atoms with Crippen LogP contribution in [0.15, 0.2) is 18.2 Å². The number of aliphatic carboxylic acids is 1. The quantitative estimate of drug-likeness (QED) is 0.888. The Labute approximate surface area is 106 Å². The Morgan fingerprint density at radius 1 is 1.37 bits per heavy atom. The van der Waals surface area contributed by atoms with E-state index in [1.54, 1.807) is 0 Å². The minimum Gasteiger partial charge on any atom is -0.481 e. The van der Waals surface area contributed by atoms with Crippen molar-refractivity contribution in [2.75, 3.05) is 0 Å². The Morgan fingerprint density at radius 3 is 2.84 bits per heavy atom. The lowest BCUT2D eigenvalue weighted by Gasteiger charge is -2.04. The van der Waals surface area contributed by atoms with Crippen LogP contribution in [0, 0.1) is 11.6 Å². The lowest BCUT2D eigenvalue weighted by Crippen LogP contribution is -2.06. The van der Waals surface area contributed by atoms with Crippen molar-refractivity contribution in [3.05, 3.63) is 29.8 Å². The van der Waals surface area contributed by atoms with E-state index in [0.717, 1.165) is 12.1 Å². The topological polar surface area (TPSA) is 80.9 Å². The molecule has 100 valence electrons. The molecule has 6 nitrogen and oxygen atoms in total. The molecule has 0 spiro atoms. The average Bonchev–Trinajstić information content (AvgIpc) is 2.77. The summed E-state index contributed by atoms with van der Waals surface area (Å²) in [6.07, 6.45) is 0.279. The van der Waals surface area contributed by atoms with Crippen molar-refractivity contribution < 1.29 is 18.7 Å². The molecular weight excluding hydrogens is 258 g/mol. The summed E-state index contributed by atoms with van der Waals surface area (Å²) < 4.78 is 27.7. The zero-order chi connectivity index (χ0) is 13.8. The predicted octanol–water partition coefficient (Wildman–Crippen LogP) is 1.48. The fraction of sp³-hybridized carbons (Fsp3) is 0.273. The monoisotopic (exact) mass is 268 g/mol. The van der Waals surface area contributed by atoms with Crippen molar-refractivity contribution in [3.63, 3.8) is 0 Å². The zero-order valence-corrected chi connectivity index (χ0v) is 9.75. The first-order valence-electron chi connectivity index (χ1n) is 5.51. The number of carboxylic acids is 1. The first kappa shape index (κ1) is 13.1. The third-order valence-corrected chi connectivity index (χ3v) is 2.46. The van der Waals surface area contributed by atoms with Crippen LogP contribution in [0.1, 0.15) is 12.8 Å². The van der Waals surface area contributed by atoms with Gasteiger partial charge in [0, 0.05) is 19.0 Å². The number of aromatic nitrogens is 4. The molecule has 19 heavy (non-hydrogen) atoms. The molecule has 0 aliphatic rings. The minimum absolute atomic E-state index is 0.0365. The van der Waals surface area contributed by atoms with Gasteiger partial charge in [-0.15, -0.1) is 5.10 Å². The molecule has 0 unspecified atom stereocenters. The van der Waals surface area contributed by atoms with E-state index in [1.807, 2.05) is 0 Å². The molecule has 1 heterocycles. The molecule has 2 aromatic rings. The molecule has 8 heteroatoms. The molecule has 0 bridgehead atoms. The van der Waals surface area contributed by atoms with E-state index in [-0.39, 0.29) is 24.4 Å². The molecule has 1 aromatic carbocycles. The lowest BCUT2D eigenvalue weighted by molar-refractivity contribution is -0.137. The largest absolute Gasteiger partial charge is 0.481 e. The molecule has 1 aromatic heterocycles. The van der Waals surface area contributed by atoms with Gasteiger partial charge in [-0.1, -0.05) is 0 Å². The fourth-order valence-corrected chi connectivity index (χ4v) is 1.60. The van der Waals surface area contributed by atoms with Crippen LogP contribution in [0.25, 0.3) is 11.4 Å². The molecular formula is C11H10F2N4O2. The predicted molar refractivity (Wildman–Crippen MR) is 60.0 cm³/mol. The molecule has 2 rings (SSSR count). The molecule has 1 N–H and O–H groups in total. The van der Waals surface area contributed by atoms with Crippen molar-refractivity contribution >= 4 is 5.97 Å². The second kappa shape index (κ2) is 5.51. The number of carboxylic acid groups (broad SMARTS) is 1. The molecule has 0 radical (unpaired) electrons. The van der Waals surface area contributed by atoms with E-state index < -0.39 is 17.6 Å². The van der Waals surface area contributed by atoms with E-state index in [1.165, 1.54) is 10.7 Å². The number of benzene rings is 1. The van der Waals surface area contributed by atoms with Gasteiger partial charge < -0.3 is 5.11 Å². The smallest absolute Gasteiger partial charge is 0.303 e. The maximum Gasteiger partial charge on any atom is 0.303 e.